The molecule has 7 nitrogen and oxygen atoms in total. The fourth-order valence-electron chi connectivity index (χ4n) is 3.71. The van der Waals surface area contributed by atoms with E-state index in [-0.39, 0.29) is 0 Å². The Hall–Kier alpha value is -2.22. The third-order valence-corrected chi connectivity index (χ3v) is 5.60. The first kappa shape index (κ1) is 22.5. The molecule has 2 heterocycles. The van der Waals surface area contributed by atoms with Gasteiger partial charge in [-0.05, 0) is 38.6 Å². The fraction of sp³-hybridized carbons (Fsp3) is 0.565. The van der Waals surface area contributed by atoms with E-state index in [4.69, 9.17) is 9.73 Å². The molecule has 0 bridgehead atoms. The van der Waals surface area contributed by atoms with E-state index in [0.717, 1.165) is 56.7 Å². The number of amidine groups is 1. The Balaban J connectivity index is 1.59. The van der Waals surface area contributed by atoms with E-state index < -0.39 is 0 Å². The summed E-state index contributed by atoms with van der Waals surface area (Å²) in [6, 6.07) is 8.32. The van der Waals surface area contributed by atoms with Crippen molar-refractivity contribution in [2.75, 3.05) is 65.4 Å². The zero-order chi connectivity index (χ0) is 21.3. The van der Waals surface area contributed by atoms with Gasteiger partial charge in [0, 0.05) is 65.2 Å². The largest absolute Gasteiger partial charge is 0.377 e. The molecule has 164 valence electrons. The third-order valence-electron chi connectivity index (χ3n) is 5.60. The van der Waals surface area contributed by atoms with Crippen LogP contribution >= 0.6 is 0 Å². The Kier molecular flexibility index (Phi) is 8.42. The minimum absolute atomic E-state index is 0.431. The highest BCUT2D eigenvalue weighted by Gasteiger charge is 2.22. The van der Waals surface area contributed by atoms with Crippen molar-refractivity contribution in [2.45, 2.75) is 25.9 Å². The second-order valence-corrected chi connectivity index (χ2v) is 8.28. The number of anilines is 1. The maximum Gasteiger partial charge on any atom is 0.130 e. The van der Waals surface area contributed by atoms with Gasteiger partial charge < -0.3 is 15.0 Å². The van der Waals surface area contributed by atoms with Crippen molar-refractivity contribution >= 4 is 18.2 Å². The lowest BCUT2D eigenvalue weighted by Crippen LogP contribution is -2.48. The summed E-state index contributed by atoms with van der Waals surface area (Å²) in [6.07, 6.45) is 4.79. The lowest BCUT2D eigenvalue weighted by molar-refractivity contribution is 0.0511. The molecule has 0 amide bonds. The lowest BCUT2D eigenvalue weighted by Gasteiger charge is -2.34. The molecule has 0 saturated carbocycles. The van der Waals surface area contributed by atoms with Crippen LogP contribution in [0.2, 0.25) is 0 Å². The average Bonchev–Trinajstić information content (AvgIpc) is 3.25. The molecule has 1 N–H and O–H groups in total. The van der Waals surface area contributed by atoms with Gasteiger partial charge in [-0.25, -0.2) is 4.99 Å². The van der Waals surface area contributed by atoms with Gasteiger partial charge in [0.05, 0.1) is 12.8 Å². The molecule has 7 heteroatoms. The maximum atomic E-state index is 5.78. The van der Waals surface area contributed by atoms with Gasteiger partial charge in [0.1, 0.15) is 11.7 Å². The smallest absolute Gasteiger partial charge is 0.130 e. The zero-order valence-corrected chi connectivity index (χ0v) is 18.7. The van der Waals surface area contributed by atoms with Gasteiger partial charge in [-0.15, -0.1) is 0 Å². The van der Waals surface area contributed by atoms with Crippen LogP contribution in [0.25, 0.3) is 0 Å². The van der Waals surface area contributed by atoms with Crippen LogP contribution < -0.4 is 5.32 Å². The highest BCUT2D eigenvalue weighted by Crippen LogP contribution is 2.15. The van der Waals surface area contributed by atoms with Crippen LogP contribution in [0, 0.1) is 6.92 Å². The van der Waals surface area contributed by atoms with E-state index in [1.165, 1.54) is 18.4 Å². The molecule has 30 heavy (non-hydrogen) atoms. The third kappa shape index (κ3) is 6.93. The van der Waals surface area contributed by atoms with E-state index in [9.17, 15) is 0 Å². The molecule has 2 fully saturated rings. The number of nitrogens with one attached hydrogen (secondary N) is 1. The minimum atomic E-state index is 0.431. The summed E-state index contributed by atoms with van der Waals surface area (Å²) in [6.45, 7) is 12.6. The molecule has 2 aliphatic heterocycles. The fourth-order valence-corrected chi connectivity index (χ4v) is 3.71. The molecule has 2 aliphatic rings. The number of benzene rings is 1. The number of aliphatic imine (C=N–C) groups is 2. The summed E-state index contributed by atoms with van der Waals surface area (Å²) < 4.78 is 5.78. The topological polar surface area (TPSA) is 55.7 Å². The molecule has 2 saturated heterocycles. The van der Waals surface area contributed by atoms with E-state index in [1.54, 1.807) is 0 Å². The van der Waals surface area contributed by atoms with Crippen molar-refractivity contribution in [1.29, 1.82) is 0 Å². The first-order chi connectivity index (χ1) is 14.5. The molecular formula is C23H36N6O. The Morgan fingerprint density at radius 2 is 1.90 bits per heavy atom. The molecule has 0 spiro atoms. The Morgan fingerprint density at radius 3 is 2.50 bits per heavy atom. The van der Waals surface area contributed by atoms with Gasteiger partial charge >= 0.3 is 0 Å². The predicted molar refractivity (Wildman–Crippen MR) is 125 cm³/mol. The number of piperazine rings is 1. The molecule has 0 aromatic heterocycles. The summed E-state index contributed by atoms with van der Waals surface area (Å²) in [5.41, 5.74) is 2.25. The van der Waals surface area contributed by atoms with E-state index in [1.807, 2.05) is 25.1 Å². The highest BCUT2D eigenvalue weighted by molar-refractivity contribution is 6.04. The molecule has 1 unspecified atom stereocenters. The molecular weight excluding hydrogens is 376 g/mol. The van der Waals surface area contributed by atoms with E-state index >= 15 is 0 Å². The summed E-state index contributed by atoms with van der Waals surface area (Å²) in [7, 11) is 3.91. The summed E-state index contributed by atoms with van der Waals surface area (Å²) in [5.74, 6) is 1.56. The Bertz CT molecular complexity index is 729. The molecule has 1 atom stereocenters. The van der Waals surface area contributed by atoms with Crippen molar-refractivity contribution in [3.8, 4) is 0 Å². The molecule has 0 aliphatic carbocycles. The van der Waals surface area contributed by atoms with Crippen LogP contribution in [0.15, 0.2) is 46.1 Å². The summed E-state index contributed by atoms with van der Waals surface area (Å²) >= 11 is 0. The van der Waals surface area contributed by atoms with E-state index in [2.05, 4.69) is 58.0 Å². The van der Waals surface area contributed by atoms with Crippen molar-refractivity contribution in [3.05, 3.63) is 41.7 Å². The van der Waals surface area contributed by atoms with Crippen LogP contribution in [0.5, 0.6) is 0 Å². The number of aryl methyl sites for hydroxylation is 1. The maximum absolute atomic E-state index is 5.78. The minimum Gasteiger partial charge on any atom is -0.377 e. The first-order valence-corrected chi connectivity index (χ1v) is 10.8. The van der Waals surface area contributed by atoms with Gasteiger partial charge in [-0.3, -0.25) is 14.8 Å². The first-order valence-electron chi connectivity index (χ1n) is 10.8. The molecule has 3 rings (SSSR count). The van der Waals surface area contributed by atoms with E-state index in [0.29, 0.717) is 12.8 Å². The Morgan fingerprint density at radius 1 is 1.20 bits per heavy atom. The van der Waals surface area contributed by atoms with Crippen LogP contribution in [-0.4, -0.2) is 93.5 Å². The van der Waals surface area contributed by atoms with Gasteiger partial charge in [0.15, 0.2) is 0 Å². The summed E-state index contributed by atoms with van der Waals surface area (Å²) in [5, 5.41) is 3.43. The highest BCUT2D eigenvalue weighted by atomic mass is 16.5. The number of hydrogen-bond donors (Lipinski definition) is 1. The average molecular weight is 413 g/mol. The lowest BCUT2D eigenvalue weighted by atomic mass is 10.2. The van der Waals surface area contributed by atoms with Gasteiger partial charge in [-0.1, -0.05) is 17.7 Å². The van der Waals surface area contributed by atoms with Crippen LogP contribution in [0.3, 0.4) is 0 Å². The number of ether oxygens (including phenoxy) is 1. The molecule has 1 aromatic carbocycles. The van der Waals surface area contributed by atoms with Gasteiger partial charge in [0.25, 0.3) is 0 Å². The standard InChI is InChI=1S/C23H36N6O/c1-19-7-9-20(10-8-19)26-22(16-23(24-2)27(3)4)25-18-29-13-11-28(12-14-29)17-21-6-5-15-30-21/h7-10,16,21H,2,5-6,11-15,17-18H2,1,3-4H3,(H,25,26)/b23-16+. The predicted octanol–water partition coefficient (Wildman–Crippen LogP) is 2.66. The zero-order valence-electron chi connectivity index (χ0n) is 18.7. The van der Waals surface area contributed by atoms with Crippen molar-refractivity contribution < 1.29 is 4.74 Å². The normalized spacial score (nSPS) is 21.6. The molecule has 1 aromatic rings. The van der Waals surface area contributed by atoms with Gasteiger partial charge in [-0.2, -0.15) is 0 Å². The van der Waals surface area contributed by atoms with Crippen molar-refractivity contribution in [2.24, 2.45) is 9.98 Å². The van der Waals surface area contributed by atoms with Crippen LogP contribution in [-0.2, 0) is 4.74 Å². The van der Waals surface area contributed by atoms with Crippen molar-refractivity contribution in [3.63, 3.8) is 0 Å². The summed E-state index contributed by atoms with van der Waals surface area (Å²) in [4.78, 5) is 15.8. The van der Waals surface area contributed by atoms with Gasteiger partial charge in [0.2, 0.25) is 0 Å². The second kappa shape index (κ2) is 11.2. The number of hydrogen-bond acceptors (Lipinski definition) is 6. The number of nitrogens with zero attached hydrogens (tertiary/aromatic N) is 5. The quantitative estimate of drug-likeness (QED) is 0.526. The number of rotatable bonds is 8. The van der Waals surface area contributed by atoms with Crippen LogP contribution in [0.1, 0.15) is 18.4 Å². The van der Waals surface area contributed by atoms with Crippen LogP contribution in [0.4, 0.5) is 5.69 Å². The van der Waals surface area contributed by atoms with Crippen molar-refractivity contribution in [1.82, 2.24) is 14.7 Å². The molecule has 0 radical (unpaired) electrons. The Labute approximate surface area is 181 Å². The second-order valence-electron chi connectivity index (χ2n) is 8.28. The SMILES string of the molecule is C=N/C(=C\C(=N/CN1CCN(CC2CCCO2)CC1)Nc1ccc(C)cc1)N(C)C. The monoisotopic (exact) mass is 412 g/mol.